The first-order valence-corrected chi connectivity index (χ1v) is 8.59. The third kappa shape index (κ3) is 4.53. The average Bonchev–Trinajstić information content (AvgIpc) is 3.28. The second kappa shape index (κ2) is 8.33. The third-order valence-corrected chi connectivity index (χ3v) is 4.18. The number of methoxy groups -OCH3 is 1. The normalized spacial score (nSPS) is 10.6. The summed E-state index contributed by atoms with van der Waals surface area (Å²) in [7, 11) is 1.31. The summed E-state index contributed by atoms with van der Waals surface area (Å²) in [6.07, 6.45) is 4.68. The van der Waals surface area contributed by atoms with Crippen LogP contribution in [0.25, 0.3) is 0 Å². The molecule has 0 saturated heterocycles. The van der Waals surface area contributed by atoms with Crippen LogP contribution in [0.15, 0.2) is 42.9 Å². The molecular weight excluding hydrogens is 364 g/mol. The molecule has 0 radical (unpaired) electrons. The number of nitrogens with zero attached hydrogens (tertiary/aromatic N) is 5. The van der Waals surface area contributed by atoms with E-state index in [0.29, 0.717) is 12.2 Å². The Kier molecular flexibility index (Phi) is 5.68. The summed E-state index contributed by atoms with van der Waals surface area (Å²) >= 11 is 0. The molecule has 1 N–H and O–H groups in total. The molecule has 0 aliphatic rings. The molecule has 0 unspecified atom stereocenters. The molecule has 28 heavy (non-hydrogen) atoms. The third-order valence-electron chi connectivity index (χ3n) is 4.18. The summed E-state index contributed by atoms with van der Waals surface area (Å²) in [6, 6.07) is 8.03. The van der Waals surface area contributed by atoms with Crippen LogP contribution in [0.4, 0.5) is 11.4 Å². The van der Waals surface area contributed by atoms with Crippen molar-refractivity contribution >= 4 is 17.3 Å². The number of carbonyl (C=O) groups excluding carboxylic acids is 1. The first-order valence-electron chi connectivity index (χ1n) is 8.59. The first kappa shape index (κ1) is 19.1. The van der Waals surface area contributed by atoms with E-state index in [1.807, 2.05) is 31.2 Å². The van der Waals surface area contributed by atoms with Crippen molar-refractivity contribution in [3.05, 3.63) is 64.1 Å². The molecule has 0 spiro atoms. The lowest BCUT2D eigenvalue weighted by Gasteiger charge is -2.05. The van der Waals surface area contributed by atoms with Crippen LogP contribution in [-0.2, 0) is 17.9 Å². The van der Waals surface area contributed by atoms with E-state index in [-0.39, 0.29) is 30.4 Å². The number of aromatic nitrogens is 4. The van der Waals surface area contributed by atoms with Gasteiger partial charge in [-0.3, -0.25) is 24.3 Å². The molecule has 2 heterocycles. The summed E-state index contributed by atoms with van der Waals surface area (Å²) in [6.45, 7) is 2.84. The van der Waals surface area contributed by atoms with E-state index in [0.717, 1.165) is 5.56 Å². The smallest absolute Gasteiger partial charge is 0.350 e. The van der Waals surface area contributed by atoms with E-state index in [1.54, 1.807) is 17.1 Å². The van der Waals surface area contributed by atoms with Gasteiger partial charge in [0.05, 0.1) is 37.0 Å². The van der Waals surface area contributed by atoms with Crippen molar-refractivity contribution in [3.63, 3.8) is 0 Å². The fourth-order valence-electron chi connectivity index (χ4n) is 2.69. The number of anilines is 1. The van der Waals surface area contributed by atoms with Crippen LogP contribution < -0.4 is 10.1 Å². The van der Waals surface area contributed by atoms with E-state index in [1.165, 1.54) is 23.6 Å². The van der Waals surface area contributed by atoms with Crippen LogP contribution in [-0.4, -0.2) is 37.5 Å². The highest BCUT2D eigenvalue weighted by molar-refractivity contribution is 5.90. The number of nitrogens with one attached hydrogen (secondary N) is 1. The van der Waals surface area contributed by atoms with Gasteiger partial charge in [0.25, 0.3) is 0 Å². The van der Waals surface area contributed by atoms with Gasteiger partial charge in [-0.05, 0) is 18.1 Å². The molecule has 0 bridgehead atoms. The molecule has 3 rings (SSSR count). The summed E-state index contributed by atoms with van der Waals surface area (Å²) in [5.74, 6) is -0.324. The van der Waals surface area contributed by atoms with Crippen LogP contribution in [0.5, 0.6) is 5.88 Å². The molecule has 0 aliphatic heterocycles. The maximum atomic E-state index is 12.1. The largest absolute Gasteiger partial charge is 0.475 e. The number of ether oxygens (including phenoxy) is 1. The van der Waals surface area contributed by atoms with Gasteiger partial charge >= 0.3 is 11.6 Å². The monoisotopic (exact) mass is 384 g/mol. The van der Waals surface area contributed by atoms with E-state index in [2.05, 4.69) is 15.5 Å². The lowest BCUT2D eigenvalue weighted by Crippen LogP contribution is -2.14. The summed E-state index contributed by atoms with van der Waals surface area (Å²) in [5, 5.41) is 21.9. The van der Waals surface area contributed by atoms with E-state index >= 15 is 0 Å². The molecule has 1 amide bonds. The van der Waals surface area contributed by atoms with E-state index in [4.69, 9.17) is 4.74 Å². The van der Waals surface area contributed by atoms with Gasteiger partial charge in [-0.25, -0.2) is 0 Å². The Hall–Kier alpha value is -3.69. The van der Waals surface area contributed by atoms with Crippen molar-refractivity contribution in [2.45, 2.75) is 26.4 Å². The predicted octanol–water partition coefficient (Wildman–Crippen LogP) is 2.38. The fourth-order valence-corrected chi connectivity index (χ4v) is 2.69. The number of amides is 1. The number of aryl methyl sites for hydroxylation is 2. The van der Waals surface area contributed by atoms with Crippen LogP contribution in [0, 0.1) is 17.0 Å². The summed E-state index contributed by atoms with van der Waals surface area (Å²) in [4.78, 5) is 22.5. The Balaban J connectivity index is 1.55. The average molecular weight is 384 g/mol. The zero-order chi connectivity index (χ0) is 20.1. The summed E-state index contributed by atoms with van der Waals surface area (Å²) in [5.41, 5.74) is 2.67. The zero-order valence-electron chi connectivity index (χ0n) is 15.5. The molecule has 146 valence electrons. The number of carbonyl (C=O) groups is 1. The highest BCUT2D eigenvalue weighted by Gasteiger charge is 2.20. The standard InChI is InChI=1S/C18H20N6O4/c1-13-5-3-4-6-14(13)10-23-11-15(9-19-23)20-17(25)7-8-22-12-16(24(26)27)18(21-22)28-2/h3-6,9,11-12H,7-8,10H2,1-2H3,(H,20,25). The van der Waals surface area contributed by atoms with Crippen molar-refractivity contribution < 1.29 is 14.5 Å². The quantitative estimate of drug-likeness (QED) is 0.471. The number of hydrogen-bond donors (Lipinski definition) is 1. The Morgan fingerprint density at radius 3 is 2.75 bits per heavy atom. The number of hydrogen-bond acceptors (Lipinski definition) is 6. The number of rotatable bonds is 8. The minimum absolute atomic E-state index is 0.0807. The molecule has 0 saturated carbocycles. The van der Waals surface area contributed by atoms with Gasteiger partial charge in [0, 0.05) is 12.6 Å². The molecule has 0 aliphatic carbocycles. The maximum Gasteiger partial charge on any atom is 0.350 e. The lowest BCUT2D eigenvalue weighted by molar-refractivity contribution is -0.385. The Morgan fingerprint density at radius 1 is 1.29 bits per heavy atom. The second-order valence-electron chi connectivity index (χ2n) is 6.20. The number of benzene rings is 1. The SMILES string of the molecule is COc1nn(CCC(=O)Nc2cnn(Cc3ccccc3C)c2)cc1[N+](=O)[O-]. The van der Waals surface area contributed by atoms with Crippen molar-refractivity contribution in [2.24, 2.45) is 0 Å². The van der Waals surface area contributed by atoms with Gasteiger partial charge in [0.1, 0.15) is 6.20 Å². The van der Waals surface area contributed by atoms with Gasteiger partial charge in [-0.1, -0.05) is 24.3 Å². The van der Waals surface area contributed by atoms with Gasteiger partial charge < -0.3 is 10.1 Å². The Bertz CT molecular complexity index is 994. The fraction of sp³-hybridized carbons (Fsp3) is 0.278. The van der Waals surface area contributed by atoms with E-state index < -0.39 is 4.92 Å². The molecule has 1 aromatic carbocycles. The highest BCUT2D eigenvalue weighted by Crippen LogP contribution is 2.24. The minimum atomic E-state index is -0.578. The Morgan fingerprint density at radius 2 is 2.07 bits per heavy atom. The van der Waals surface area contributed by atoms with Crippen molar-refractivity contribution in [1.82, 2.24) is 19.6 Å². The van der Waals surface area contributed by atoms with Crippen molar-refractivity contribution in [1.29, 1.82) is 0 Å². The zero-order valence-corrected chi connectivity index (χ0v) is 15.5. The van der Waals surface area contributed by atoms with Crippen molar-refractivity contribution in [3.8, 4) is 5.88 Å². The molecule has 10 heteroatoms. The van der Waals surface area contributed by atoms with Crippen LogP contribution in [0.1, 0.15) is 17.5 Å². The predicted molar refractivity (Wildman–Crippen MR) is 101 cm³/mol. The first-order chi connectivity index (χ1) is 13.5. The van der Waals surface area contributed by atoms with Gasteiger partial charge in [0.15, 0.2) is 0 Å². The second-order valence-corrected chi connectivity index (χ2v) is 6.20. The van der Waals surface area contributed by atoms with Crippen LogP contribution in [0.2, 0.25) is 0 Å². The molecule has 10 nitrogen and oxygen atoms in total. The summed E-state index contributed by atoms with van der Waals surface area (Å²) < 4.78 is 7.93. The topological polar surface area (TPSA) is 117 Å². The number of nitro groups is 1. The molecular formula is C18H20N6O4. The van der Waals surface area contributed by atoms with Gasteiger partial charge in [-0.15, -0.1) is 5.10 Å². The molecule has 0 fully saturated rings. The van der Waals surface area contributed by atoms with Crippen LogP contribution in [0.3, 0.4) is 0 Å². The minimum Gasteiger partial charge on any atom is -0.475 e. The van der Waals surface area contributed by atoms with Crippen LogP contribution >= 0.6 is 0 Å². The van der Waals surface area contributed by atoms with Gasteiger partial charge in [0.2, 0.25) is 5.91 Å². The van der Waals surface area contributed by atoms with E-state index in [9.17, 15) is 14.9 Å². The molecule has 3 aromatic rings. The lowest BCUT2D eigenvalue weighted by atomic mass is 10.1. The Labute approximate surface area is 160 Å². The molecule has 0 atom stereocenters. The van der Waals surface area contributed by atoms with Crippen molar-refractivity contribution in [2.75, 3.05) is 12.4 Å². The van der Waals surface area contributed by atoms with Gasteiger partial charge in [-0.2, -0.15) is 5.10 Å². The highest BCUT2D eigenvalue weighted by atomic mass is 16.6. The maximum absolute atomic E-state index is 12.1. The molecule has 2 aromatic heterocycles.